The zero-order chi connectivity index (χ0) is 28.1. The van der Waals surface area contributed by atoms with Crippen molar-refractivity contribution in [3.05, 3.63) is 121 Å². The van der Waals surface area contributed by atoms with Gasteiger partial charge in [-0.3, -0.25) is 4.98 Å². The molecular formula is C36H38FN3. The third kappa shape index (κ3) is 5.86. The average Bonchev–Trinajstić information content (AvgIpc) is 3.44. The van der Waals surface area contributed by atoms with E-state index in [2.05, 4.69) is 71.8 Å². The third-order valence-corrected chi connectivity index (χ3v) is 8.12. The molecule has 4 heteroatoms. The van der Waals surface area contributed by atoms with Crippen molar-refractivity contribution in [2.24, 2.45) is 5.92 Å². The maximum absolute atomic E-state index is 14.0. The first-order valence-electron chi connectivity index (χ1n) is 14.2. The molecule has 40 heavy (non-hydrogen) atoms. The lowest BCUT2D eigenvalue weighted by Crippen LogP contribution is -2.06. The highest BCUT2D eigenvalue weighted by Gasteiger charge is 2.17. The van der Waals surface area contributed by atoms with E-state index in [1.165, 1.54) is 49.3 Å². The van der Waals surface area contributed by atoms with Crippen LogP contribution in [0.15, 0.2) is 97.9 Å². The minimum atomic E-state index is -0.266. The van der Waals surface area contributed by atoms with Gasteiger partial charge in [-0.2, -0.15) is 0 Å². The Balaban J connectivity index is 1.49. The number of nitrogens with zero attached hydrogens (tertiary/aromatic N) is 1. The number of H-pyrrole nitrogens is 1. The molecule has 1 aliphatic rings. The van der Waals surface area contributed by atoms with Crippen molar-refractivity contribution in [2.75, 3.05) is 12.4 Å². The van der Waals surface area contributed by atoms with Crippen molar-refractivity contribution < 1.29 is 4.39 Å². The first kappa shape index (κ1) is 27.4. The normalized spacial score (nSPS) is 14.9. The molecule has 2 heterocycles. The summed E-state index contributed by atoms with van der Waals surface area (Å²) in [6.45, 7) is 10.7. The lowest BCUT2D eigenvalue weighted by molar-refractivity contribution is 0.358. The van der Waals surface area contributed by atoms with Crippen molar-refractivity contribution in [1.82, 2.24) is 9.97 Å². The van der Waals surface area contributed by atoms with E-state index in [1.54, 1.807) is 24.5 Å². The quantitative estimate of drug-likeness (QED) is 0.211. The van der Waals surface area contributed by atoms with Gasteiger partial charge in [0.2, 0.25) is 0 Å². The molecule has 1 aliphatic carbocycles. The van der Waals surface area contributed by atoms with Gasteiger partial charge in [-0.1, -0.05) is 81.7 Å². The smallest absolute Gasteiger partial charge is 0.123 e. The zero-order valence-electron chi connectivity index (χ0n) is 23.6. The molecule has 1 fully saturated rings. The Morgan fingerprint density at radius 2 is 1.93 bits per heavy atom. The monoisotopic (exact) mass is 531 g/mol. The Bertz CT molecular complexity index is 1600. The number of aromatic nitrogens is 2. The molecule has 4 aromatic rings. The number of fused-ring (bicyclic) bond motifs is 1. The molecular weight excluding hydrogens is 493 g/mol. The van der Waals surface area contributed by atoms with Crippen molar-refractivity contribution in [2.45, 2.75) is 45.4 Å². The number of benzene rings is 2. The molecule has 2 aromatic heterocycles. The van der Waals surface area contributed by atoms with Crippen LogP contribution in [0.1, 0.15) is 62.3 Å². The van der Waals surface area contributed by atoms with Crippen molar-refractivity contribution in [3.8, 4) is 11.1 Å². The number of nitrogens with one attached hydrogen (secondary N) is 2. The number of pyridine rings is 1. The highest BCUT2D eigenvalue weighted by molar-refractivity contribution is 5.98. The van der Waals surface area contributed by atoms with Gasteiger partial charge < -0.3 is 10.3 Å². The SMILES string of the molecule is C=C/C(=C\C(=C/C)c1ccc(NC)c(C(=C)c2cc3c(-c4cccc(F)c4)cncc3[nH]2)c1)CC1CCCCC1. The molecule has 0 aliphatic heterocycles. The van der Waals surface area contributed by atoms with Gasteiger partial charge >= 0.3 is 0 Å². The molecule has 2 aromatic carbocycles. The topological polar surface area (TPSA) is 40.7 Å². The predicted molar refractivity (Wildman–Crippen MR) is 169 cm³/mol. The first-order valence-corrected chi connectivity index (χ1v) is 14.2. The molecule has 0 spiro atoms. The molecule has 3 nitrogen and oxygen atoms in total. The third-order valence-electron chi connectivity index (χ3n) is 8.12. The number of aromatic amines is 1. The summed E-state index contributed by atoms with van der Waals surface area (Å²) in [6.07, 6.45) is 17.9. The second-order valence-corrected chi connectivity index (χ2v) is 10.7. The van der Waals surface area contributed by atoms with E-state index in [1.807, 2.05) is 19.2 Å². The molecule has 1 saturated carbocycles. The molecule has 5 rings (SSSR count). The minimum absolute atomic E-state index is 0.266. The molecule has 204 valence electrons. The second kappa shape index (κ2) is 12.3. The molecule has 0 atom stereocenters. The van der Waals surface area contributed by atoms with Crippen LogP contribution < -0.4 is 5.32 Å². The van der Waals surface area contributed by atoms with Gasteiger partial charge in [0.15, 0.2) is 0 Å². The number of hydrogen-bond acceptors (Lipinski definition) is 2. The van der Waals surface area contributed by atoms with Gasteiger partial charge in [0.05, 0.1) is 11.7 Å². The molecule has 0 saturated heterocycles. The van der Waals surface area contributed by atoms with Crippen LogP contribution in [0.5, 0.6) is 0 Å². The highest BCUT2D eigenvalue weighted by Crippen LogP contribution is 2.36. The summed E-state index contributed by atoms with van der Waals surface area (Å²) in [5.74, 6) is 0.490. The molecule has 0 unspecified atom stereocenters. The largest absolute Gasteiger partial charge is 0.388 e. The highest BCUT2D eigenvalue weighted by atomic mass is 19.1. The van der Waals surface area contributed by atoms with Crippen LogP contribution in [0.4, 0.5) is 10.1 Å². The van der Waals surface area contributed by atoms with E-state index in [-0.39, 0.29) is 5.82 Å². The minimum Gasteiger partial charge on any atom is -0.388 e. The molecule has 0 amide bonds. The Hall–Kier alpha value is -4.18. The van der Waals surface area contributed by atoms with Gasteiger partial charge in [0.25, 0.3) is 0 Å². The standard InChI is InChI=1S/C36H38FN3/c1-5-25(17-26-11-8-7-9-12-26)18-27(6-2)28-15-16-34(38-4)31(20-28)24(3)35-21-32-33(22-39-23-36(32)40-35)29-13-10-14-30(37)19-29/h5-6,10,13-16,18-23,26,38,40H,1,3,7-9,11-12,17H2,2,4H3/b25-18+,27-6+. The van der Waals surface area contributed by atoms with Crippen molar-refractivity contribution in [3.63, 3.8) is 0 Å². The van der Waals surface area contributed by atoms with E-state index in [4.69, 9.17) is 0 Å². The van der Waals surface area contributed by atoms with Gasteiger partial charge in [-0.15, -0.1) is 0 Å². The summed E-state index contributed by atoms with van der Waals surface area (Å²) in [5, 5.41) is 4.31. The van der Waals surface area contributed by atoms with Gasteiger partial charge in [-0.25, -0.2) is 4.39 Å². The maximum Gasteiger partial charge on any atom is 0.123 e. The summed E-state index contributed by atoms with van der Waals surface area (Å²) >= 11 is 0. The summed E-state index contributed by atoms with van der Waals surface area (Å²) in [4.78, 5) is 7.90. The maximum atomic E-state index is 14.0. The first-order chi connectivity index (χ1) is 19.5. The summed E-state index contributed by atoms with van der Waals surface area (Å²) in [5.41, 5.74) is 9.97. The fraction of sp³-hybridized carbons (Fsp3) is 0.250. The van der Waals surface area contributed by atoms with Crippen LogP contribution in [0, 0.1) is 11.7 Å². The predicted octanol–water partition coefficient (Wildman–Crippen LogP) is 9.96. The Kier molecular flexibility index (Phi) is 8.45. The number of allylic oxidation sites excluding steroid dienone is 5. The van der Waals surface area contributed by atoms with E-state index in [0.29, 0.717) is 0 Å². The number of rotatable bonds is 9. The van der Waals surface area contributed by atoms with Crippen molar-refractivity contribution in [1.29, 1.82) is 0 Å². The van der Waals surface area contributed by atoms with E-state index in [9.17, 15) is 4.39 Å². The van der Waals surface area contributed by atoms with Crippen LogP contribution in [0.3, 0.4) is 0 Å². The average molecular weight is 532 g/mol. The summed E-state index contributed by atoms with van der Waals surface area (Å²) in [6, 6.07) is 15.2. The lowest BCUT2D eigenvalue weighted by atomic mass is 9.84. The molecule has 0 bridgehead atoms. The number of halogens is 1. The van der Waals surface area contributed by atoms with E-state index < -0.39 is 0 Å². The van der Waals surface area contributed by atoms with Crippen LogP contribution >= 0.6 is 0 Å². The van der Waals surface area contributed by atoms with Crippen LogP contribution in [-0.4, -0.2) is 17.0 Å². The fourth-order valence-electron chi connectivity index (χ4n) is 5.90. The summed E-state index contributed by atoms with van der Waals surface area (Å²) < 4.78 is 14.0. The second-order valence-electron chi connectivity index (χ2n) is 10.7. The lowest BCUT2D eigenvalue weighted by Gasteiger charge is -2.22. The Morgan fingerprint density at radius 3 is 2.65 bits per heavy atom. The summed E-state index contributed by atoms with van der Waals surface area (Å²) in [7, 11) is 1.93. The number of anilines is 1. The van der Waals surface area contributed by atoms with Gasteiger partial charge in [0.1, 0.15) is 5.82 Å². The van der Waals surface area contributed by atoms with Crippen LogP contribution in [-0.2, 0) is 0 Å². The van der Waals surface area contributed by atoms with Crippen LogP contribution in [0.2, 0.25) is 0 Å². The van der Waals surface area contributed by atoms with E-state index in [0.717, 1.165) is 62.4 Å². The molecule has 2 N–H and O–H groups in total. The van der Waals surface area contributed by atoms with Crippen LogP contribution in [0.25, 0.3) is 33.2 Å². The van der Waals surface area contributed by atoms with Crippen molar-refractivity contribution >= 4 is 27.7 Å². The number of hydrogen-bond donors (Lipinski definition) is 2. The zero-order valence-corrected chi connectivity index (χ0v) is 23.6. The van der Waals surface area contributed by atoms with E-state index >= 15 is 0 Å². The Labute approximate surface area is 237 Å². The van der Waals surface area contributed by atoms with Gasteiger partial charge in [-0.05, 0) is 71.9 Å². The van der Waals surface area contributed by atoms with Gasteiger partial charge in [0, 0.05) is 46.7 Å². The molecule has 0 radical (unpaired) electrons. The Morgan fingerprint density at radius 1 is 1.10 bits per heavy atom. The fourth-order valence-corrected chi connectivity index (χ4v) is 5.90.